The van der Waals surface area contributed by atoms with Crippen LogP contribution in [0, 0.1) is 0 Å². The SMILES string of the molecule is Nc1nnc(Cl)cc1-c1cccnc1. The fourth-order valence-electron chi connectivity index (χ4n) is 1.13. The van der Waals surface area contributed by atoms with Crippen molar-refractivity contribution in [3.05, 3.63) is 35.7 Å². The molecular formula is C9H7ClN4. The molecule has 0 spiro atoms. The summed E-state index contributed by atoms with van der Waals surface area (Å²) in [6, 6.07) is 5.38. The Kier molecular flexibility index (Phi) is 2.28. The first-order valence-corrected chi connectivity index (χ1v) is 4.34. The topological polar surface area (TPSA) is 64.7 Å². The minimum absolute atomic E-state index is 0.318. The Morgan fingerprint density at radius 3 is 2.86 bits per heavy atom. The first kappa shape index (κ1) is 8.90. The van der Waals surface area contributed by atoms with Gasteiger partial charge in [-0.3, -0.25) is 4.98 Å². The molecule has 0 aliphatic rings. The number of hydrogen-bond acceptors (Lipinski definition) is 4. The predicted octanol–water partition coefficient (Wildman–Crippen LogP) is 1.77. The van der Waals surface area contributed by atoms with Gasteiger partial charge in [0.15, 0.2) is 11.0 Å². The van der Waals surface area contributed by atoms with Crippen LogP contribution in [0.5, 0.6) is 0 Å². The molecule has 0 aromatic carbocycles. The van der Waals surface area contributed by atoms with E-state index in [9.17, 15) is 0 Å². The van der Waals surface area contributed by atoms with Crippen LogP contribution in [0.3, 0.4) is 0 Å². The number of halogens is 1. The zero-order valence-electron chi connectivity index (χ0n) is 7.18. The van der Waals surface area contributed by atoms with E-state index in [1.165, 1.54) is 0 Å². The Labute approximate surface area is 85.8 Å². The molecule has 0 amide bonds. The maximum Gasteiger partial charge on any atom is 0.154 e. The molecule has 0 saturated heterocycles. The lowest BCUT2D eigenvalue weighted by molar-refractivity contribution is 1.04. The van der Waals surface area contributed by atoms with Gasteiger partial charge in [-0.1, -0.05) is 17.7 Å². The number of nitrogens with zero attached hydrogens (tertiary/aromatic N) is 3. The van der Waals surface area contributed by atoms with Crippen LogP contribution < -0.4 is 5.73 Å². The first-order valence-electron chi connectivity index (χ1n) is 3.96. The highest BCUT2D eigenvalue weighted by atomic mass is 35.5. The van der Waals surface area contributed by atoms with E-state index < -0.39 is 0 Å². The molecule has 2 aromatic rings. The number of nitrogens with two attached hydrogens (primary N) is 1. The van der Waals surface area contributed by atoms with Crippen LogP contribution in [0.2, 0.25) is 5.15 Å². The zero-order valence-corrected chi connectivity index (χ0v) is 7.94. The van der Waals surface area contributed by atoms with Crippen molar-refractivity contribution < 1.29 is 0 Å². The summed E-state index contributed by atoms with van der Waals surface area (Å²) in [7, 11) is 0. The molecule has 0 radical (unpaired) electrons. The van der Waals surface area contributed by atoms with E-state index in [4.69, 9.17) is 17.3 Å². The number of aromatic nitrogens is 3. The minimum atomic E-state index is 0.318. The molecule has 2 N–H and O–H groups in total. The van der Waals surface area contributed by atoms with E-state index in [-0.39, 0.29) is 0 Å². The number of nitrogen functional groups attached to an aromatic ring is 1. The van der Waals surface area contributed by atoms with E-state index in [1.54, 1.807) is 18.5 Å². The monoisotopic (exact) mass is 206 g/mol. The van der Waals surface area contributed by atoms with Gasteiger partial charge >= 0.3 is 0 Å². The third kappa shape index (κ3) is 1.65. The number of hydrogen-bond donors (Lipinski definition) is 1. The van der Waals surface area contributed by atoms with Gasteiger partial charge in [-0.05, 0) is 12.1 Å². The van der Waals surface area contributed by atoms with Gasteiger partial charge in [0.25, 0.3) is 0 Å². The summed E-state index contributed by atoms with van der Waals surface area (Å²) in [6.07, 6.45) is 3.39. The van der Waals surface area contributed by atoms with Gasteiger partial charge in [0.1, 0.15) is 0 Å². The van der Waals surface area contributed by atoms with Crippen LogP contribution in [0.1, 0.15) is 0 Å². The molecule has 0 saturated carbocycles. The highest BCUT2D eigenvalue weighted by Crippen LogP contribution is 2.24. The lowest BCUT2D eigenvalue weighted by atomic mass is 10.1. The summed E-state index contributed by atoms with van der Waals surface area (Å²) in [5.74, 6) is 0.349. The summed E-state index contributed by atoms with van der Waals surface area (Å²) in [4.78, 5) is 3.99. The molecular weight excluding hydrogens is 200 g/mol. The molecule has 5 heteroatoms. The van der Waals surface area contributed by atoms with Crippen LogP contribution in [-0.2, 0) is 0 Å². The summed E-state index contributed by atoms with van der Waals surface area (Å²) < 4.78 is 0. The summed E-state index contributed by atoms with van der Waals surface area (Å²) in [5.41, 5.74) is 7.29. The Morgan fingerprint density at radius 1 is 1.29 bits per heavy atom. The van der Waals surface area contributed by atoms with Crippen molar-refractivity contribution in [2.75, 3.05) is 5.73 Å². The zero-order chi connectivity index (χ0) is 9.97. The molecule has 0 unspecified atom stereocenters. The van der Waals surface area contributed by atoms with Crippen molar-refractivity contribution >= 4 is 17.4 Å². The normalized spacial score (nSPS) is 10.1. The number of rotatable bonds is 1. The molecule has 2 aromatic heterocycles. The van der Waals surface area contributed by atoms with Crippen LogP contribution >= 0.6 is 11.6 Å². The molecule has 2 rings (SSSR count). The van der Waals surface area contributed by atoms with Gasteiger partial charge in [0.2, 0.25) is 0 Å². The largest absolute Gasteiger partial charge is 0.382 e. The van der Waals surface area contributed by atoms with Crippen molar-refractivity contribution in [1.29, 1.82) is 0 Å². The first-order chi connectivity index (χ1) is 6.77. The molecule has 0 atom stereocenters. The van der Waals surface area contributed by atoms with Crippen LogP contribution in [0.25, 0.3) is 11.1 Å². The third-order valence-corrected chi connectivity index (χ3v) is 1.95. The van der Waals surface area contributed by atoms with Crippen molar-refractivity contribution in [2.45, 2.75) is 0 Å². The van der Waals surface area contributed by atoms with Gasteiger partial charge in [0, 0.05) is 23.5 Å². The van der Waals surface area contributed by atoms with Gasteiger partial charge < -0.3 is 5.73 Å². The van der Waals surface area contributed by atoms with E-state index in [2.05, 4.69) is 15.2 Å². The fourth-order valence-corrected chi connectivity index (χ4v) is 1.28. The summed E-state index contributed by atoms with van der Waals surface area (Å²) in [5, 5.41) is 7.68. The Hall–Kier alpha value is -1.68. The molecule has 70 valence electrons. The molecule has 0 aliphatic heterocycles. The lowest BCUT2D eigenvalue weighted by Gasteiger charge is -2.02. The fraction of sp³-hybridized carbons (Fsp3) is 0. The quantitative estimate of drug-likeness (QED) is 0.773. The summed E-state index contributed by atoms with van der Waals surface area (Å²) in [6.45, 7) is 0. The van der Waals surface area contributed by atoms with Crippen molar-refractivity contribution in [3.8, 4) is 11.1 Å². The Bertz CT molecular complexity index is 444. The van der Waals surface area contributed by atoms with Gasteiger partial charge in [-0.25, -0.2) is 0 Å². The van der Waals surface area contributed by atoms with Crippen molar-refractivity contribution in [2.24, 2.45) is 0 Å². The van der Waals surface area contributed by atoms with Crippen molar-refractivity contribution in [3.63, 3.8) is 0 Å². The highest BCUT2D eigenvalue weighted by Gasteiger charge is 2.05. The van der Waals surface area contributed by atoms with Gasteiger partial charge in [-0.15, -0.1) is 10.2 Å². The van der Waals surface area contributed by atoms with Crippen LogP contribution in [0.15, 0.2) is 30.6 Å². The number of anilines is 1. The van der Waals surface area contributed by atoms with Crippen LogP contribution in [0.4, 0.5) is 5.82 Å². The molecule has 4 nitrogen and oxygen atoms in total. The molecule has 2 heterocycles. The number of pyridine rings is 1. The third-order valence-electron chi connectivity index (χ3n) is 1.77. The maximum atomic E-state index is 5.72. The summed E-state index contributed by atoms with van der Waals surface area (Å²) >= 11 is 5.72. The second-order valence-corrected chi connectivity index (χ2v) is 3.09. The van der Waals surface area contributed by atoms with Crippen molar-refractivity contribution in [1.82, 2.24) is 15.2 Å². The molecule has 0 fully saturated rings. The van der Waals surface area contributed by atoms with E-state index >= 15 is 0 Å². The van der Waals surface area contributed by atoms with Crippen LogP contribution in [-0.4, -0.2) is 15.2 Å². The molecule has 14 heavy (non-hydrogen) atoms. The van der Waals surface area contributed by atoms with E-state index in [0.29, 0.717) is 11.0 Å². The highest BCUT2D eigenvalue weighted by molar-refractivity contribution is 6.29. The average molecular weight is 207 g/mol. The predicted molar refractivity (Wildman–Crippen MR) is 54.7 cm³/mol. The second kappa shape index (κ2) is 3.59. The minimum Gasteiger partial charge on any atom is -0.382 e. The Morgan fingerprint density at radius 2 is 2.14 bits per heavy atom. The Balaban J connectivity index is 2.57. The molecule has 0 bridgehead atoms. The maximum absolute atomic E-state index is 5.72. The van der Waals surface area contributed by atoms with Gasteiger partial charge in [0.05, 0.1) is 0 Å². The van der Waals surface area contributed by atoms with E-state index in [1.807, 2.05) is 12.1 Å². The smallest absolute Gasteiger partial charge is 0.154 e. The lowest BCUT2D eigenvalue weighted by Crippen LogP contribution is -1.96. The molecule has 0 aliphatic carbocycles. The van der Waals surface area contributed by atoms with E-state index in [0.717, 1.165) is 11.1 Å². The second-order valence-electron chi connectivity index (χ2n) is 2.71. The standard InChI is InChI=1S/C9H7ClN4/c10-8-4-7(9(11)14-13-8)6-2-1-3-12-5-6/h1-5H,(H2,11,14). The van der Waals surface area contributed by atoms with Gasteiger partial charge in [-0.2, -0.15) is 0 Å². The average Bonchev–Trinajstić information content (AvgIpc) is 2.23.